The van der Waals surface area contributed by atoms with Gasteiger partial charge >= 0.3 is 0 Å². The van der Waals surface area contributed by atoms with Crippen molar-refractivity contribution in [2.75, 3.05) is 26.2 Å². The lowest BCUT2D eigenvalue weighted by Gasteiger charge is -2.34. The molecular weight excluding hydrogens is 330 g/mol. The zero-order valence-corrected chi connectivity index (χ0v) is 14.5. The summed E-state index contributed by atoms with van der Waals surface area (Å²) in [6.45, 7) is 4.22. The number of amides is 1. The molecule has 24 heavy (non-hydrogen) atoms. The number of fused-ring (bicyclic) bond motifs is 1. The van der Waals surface area contributed by atoms with Crippen molar-refractivity contribution < 1.29 is 9.90 Å². The SMILES string of the molecule is Cc1cnc2c(Cl)c(C(=O)NCCN3CCCC[C@H]3CO)nn2c1. The average molecular weight is 352 g/mol. The number of nitrogens with zero attached hydrogens (tertiary/aromatic N) is 4. The van der Waals surface area contributed by atoms with E-state index < -0.39 is 0 Å². The van der Waals surface area contributed by atoms with E-state index in [1.54, 1.807) is 12.4 Å². The summed E-state index contributed by atoms with van der Waals surface area (Å²) in [5, 5.41) is 16.8. The van der Waals surface area contributed by atoms with E-state index in [0.717, 1.165) is 31.4 Å². The largest absolute Gasteiger partial charge is 0.395 e. The topological polar surface area (TPSA) is 82.8 Å². The van der Waals surface area contributed by atoms with Gasteiger partial charge in [0.25, 0.3) is 5.91 Å². The maximum atomic E-state index is 12.3. The van der Waals surface area contributed by atoms with Crippen LogP contribution in [0.5, 0.6) is 0 Å². The zero-order valence-electron chi connectivity index (χ0n) is 13.7. The molecule has 1 saturated heterocycles. The minimum Gasteiger partial charge on any atom is -0.395 e. The second-order valence-electron chi connectivity index (χ2n) is 6.19. The quantitative estimate of drug-likeness (QED) is 0.847. The molecule has 0 radical (unpaired) electrons. The molecule has 130 valence electrons. The number of piperidine rings is 1. The van der Waals surface area contributed by atoms with Crippen molar-refractivity contribution in [3.05, 3.63) is 28.7 Å². The number of aryl methyl sites for hydroxylation is 1. The Bertz CT molecular complexity index is 733. The highest BCUT2D eigenvalue weighted by atomic mass is 35.5. The van der Waals surface area contributed by atoms with Crippen LogP contribution in [0.2, 0.25) is 5.02 Å². The van der Waals surface area contributed by atoms with Gasteiger partial charge in [0.15, 0.2) is 11.3 Å². The van der Waals surface area contributed by atoms with Gasteiger partial charge in [0.05, 0.1) is 6.61 Å². The summed E-state index contributed by atoms with van der Waals surface area (Å²) < 4.78 is 1.53. The number of carbonyl (C=O) groups excluding carboxylic acids is 1. The molecule has 1 aliphatic rings. The average Bonchev–Trinajstić information content (AvgIpc) is 2.91. The molecule has 8 heteroatoms. The molecule has 1 atom stereocenters. The molecule has 1 fully saturated rings. The highest BCUT2D eigenvalue weighted by Gasteiger charge is 2.22. The van der Waals surface area contributed by atoms with Gasteiger partial charge in [0.1, 0.15) is 5.02 Å². The van der Waals surface area contributed by atoms with Crippen molar-refractivity contribution in [2.24, 2.45) is 0 Å². The predicted molar refractivity (Wildman–Crippen MR) is 91.4 cm³/mol. The molecule has 3 rings (SSSR count). The molecule has 0 aromatic carbocycles. The first-order valence-electron chi connectivity index (χ1n) is 8.23. The Kier molecular flexibility index (Phi) is 5.33. The second kappa shape index (κ2) is 7.46. The first-order chi connectivity index (χ1) is 11.6. The molecule has 1 aliphatic heterocycles. The monoisotopic (exact) mass is 351 g/mol. The summed E-state index contributed by atoms with van der Waals surface area (Å²) in [6.07, 6.45) is 6.76. The van der Waals surface area contributed by atoms with Crippen LogP contribution in [0.1, 0.15) is 35.3 Å². The van der Waals surface area contributed by atoms with Crippen molar-refractivity contribution in [3.8, 4) is 0 Å². The van der Waals surface area contributed by atoms with Crippen LogP contribution in [-0.2, 0) is 0 Å². The summed E-state index contributed by atoms with van der Waals surface area (Å²) in [7, 11) is 0. The number of aliphatic hydroxyl groups excluding tert-OH is 1. The highest BCUT2D eigenvalue weighted by Crippen LogP contribution is 2.20. The van der Waals surface area contributed by atoms with Gasteiger partial charge in [-0.05, 0) is 31.9 Å². The summed E-state index contributed by atoms with van der Waals surface area (Å²) >= 11 is 6.23. The van der Waals surface area contributed by atoms with E-state index in [0.29, 0.717) is 18.7 Å². The van der Waals surface area contributed by atoms with Crippen LogP contribution in [0.25, 0.3) is 5.65 Å². The van der Waals surface area contributed by atoms with Crippen molar-refractivity contribution in [1.29, 1.82) is 0 Å². The van der Waals surface area contributed by atoms with Gasteiger partial charge in [-0.1, -0.05) is 18.0 Å². The van der Waals surface area contributed by atoms with Gasteiger partial charge in [0.2, 0.25) is 0 Å². The van der Waals surface area contributed by atoms with Gasteiger partial charge < -0.3 is 10.4 Å². The maximum Gasteiger partial charge on any atom is 0.273 e. The molecular formula is C16H22ClN5O2. The van der Waals surface area contributed by atoms with Crippen LogP contribution in [0.4, 0.5) is 0 Å². The molecule has 3 heterocycles. The summed E-state index contributed by atoms with van der Waals surface area (Å²) in [5.41, 5.74) is 1.60. The number of halogens is 1. The van der Waals surface area contributed by atoms with Gasteiger partial charge in [-0.25, -0.2) is 9.50 Å². The number of rotatable bonds is 5. The van der Waals surface area contributed by atoms with Crippen LogP contribution >= 0.6 is 11.6 Å². The third-order valence-electron chi connectivity index (χ3n) is 4.40. The minimum absolute atomic E-state index is 0.164. The summed E-state index contributed by atoms with van der Waals surface area (Å²) in [4.78, 5) is 18.8. The Balaban J connectivity index is 1.62. The Morgan fingerprint density at radius 3 is 3.12 bits per heavy atom. The number of aliphatic hydroxyl groups is 1. The van der Waals surface area contributed by atoms with Crippen molar-refractivity contribution in [2.45, 2.75) is 32.2 Å². The number of carbonyl (C=O) groups is 1. The molecule has 1 amide bonds. The fourth-order valence-corrected chi connectivity index (χ4v) is 3.36. The Morgan fingerprint density at radius 1 is 1.50 bits per heavy atom. The summed E-state index contributed by atoms with van der Waals surface area (Å²) in [6, 6.07) is 0.196. The molecule has 7 nitrogen and oxygen atoms in total. The number of likely N-dealkylation sites (tertiary alicyclic amines) is 1. The van der Waals surface area contributed by atoms with E-state index in [2.05, 4.69) is 20.3 Å². The van der Waals surface area contributed by atoms with Gasteiger partial charge in [0, 0.05) is 31.5 Å². The fraction of sp³-hybridized carbons (Fsp3) is 0.562. The van der Waals surface area contributed by atoms with Gasteiger partial charge in [-0.15, -0.1) is 0 Å². The molecule has 2 aromatic heterocycles. The number of nitrogens with one attached hydrogen (secondary N) is 1. The normalized spacial score (nSPS) is 18.9. The van der Waals surface area contributed by atoms with Crippen LogP contribution < -0.4 is 5.32 Å². The lowest BCUT2D eigenvalue weighted by Crippen LogP contribution is -2.45. The number of hydrogen-bond acceptors (Lipinski definition) is 5. The maximum absolute atomic E-state index is 12.3. The van der Waals surface area contributed by atoms with Gasteiger partial charge in [-0.2, -0.15) is 5.10 Å². The van der Waals surface area contributed by atoms with E-state index in [1.807, 2.05) is 6.92 Å². The van der Waals surface area contributed by atoms with E-state index >= 15 is 0 Å². The van der Waals surface area contributed by atoms with E-state index in [1.165, 1.54) is 4.52 Å². The molecule has 0 unspecified atom stereocenters. The first-order valence-corrected chi connectivity index (χ1v) is 8.61. The minimum atomic E-state index is -0.305. The Hall–Kier alpha value is -1.70. The van der Waals surface area contributed by atoms with E-state index in [9.17, 15) is 9.90 Å². The van der Waals surface area contributed by atoms with E-state index in [4.69, 9.17) is 11.6 Å². The van der Waals surface area contributed by atoms with Crippen molar-refractivity contribution >= 4 is 23.2 Å². The molecule has 2 N–H and O–H groups in total. The Labute approximate surface area is 145 Å². The standard InChI is InChI=1S/C16H22ClN5O2/c1-11-8-19-15-13(17)14(20-22(15)9-11)16(24)18-5-7-21-6-3-2-4-12(21)10-23/h8-9,12,23H,2-7,10H2,1H3,(H,18,24)/t12-/m0/s1. The summed E-state index contributed by atoms with van der Waals surface area (Å²) in [5.74, 6) is -0.305. The third-order valence-corrected chi connectivity index (χ3v) is 4.75. The van der Waals surface area contributed by atoms with Crippen LogP contribution in [-0.4, -0.2) is 62.8 Å². The van der Waals surface area contributed by atoms with Crippen LogP contribution in [0.3, 0.4) is 0 Å². The lowest BCUT2D eigenvalue weighted by molar-refractivity contribution is 0.0846. The molecule has 0 saturated carbocycles. The zero-order chi connectivity index (χ0) is 17.1. The van der Waals surface area contributed by atoms with Crippen molar-refractivity contribution in [1.82, 2.24) is 24.8 Å². The lowest BCUT2D eigenvalue weighted by atomic mass is 10.0. The molecule has 0 bridgehead atoms. The van der Waals surface area contributed by atoms with E-state index in [-0.39, 0.29) is 29.3 Å². The number of hydrogen-bond donors (Lipinski definition) is 2. The van der Waals surface area contributed by atoms with Crippen LogP contribution in [0, 0.1) is 6.92 Å². The predicted octanol–water partition coefficient (Wildman–Crippen LogP) is 1.27. The Morgan fingerprint density at radius 2 is 2.33 bits per heavy atom. The van der Waals surface area contributed by atoms with Crippen LogP contribution in [0.15, 0.2) is 12.4 Å². The molecule has 0 spiro atoms. The molecule has 0 aliphatic carbocycles. The van der Waals surface area contributed by atoms with Crippen molar-refractivity contribution in [3.63, 3.8) is 0 Å². The second-order valence-corrected chi connectivity index (χ2v) is 6.56. The first kappa shape index (κ1) is 17.1. The van der Waals surface area contributed by atoms with Gasteiger partial charge in [-0.3, -0.25) is 9.69 Å². The molecule has 2 aromatic rings. The number of aromatic nitrogens is 3. The third kappa shape index (κ3) is 3.53. The fourth-order valence-electron chi connectivity index (χ4n) is 3.10. The highest BCUT2D eigenvalue weighted by molar-refractivity contribution is 6.36. The smallest absolute Gasteiger partial charge is 0.273 e.